The molecular weight excluding hydrogens is 380 g/mol. The third-order valence-electron chi connectivity index (χ3n) is 8.18. The Balaban J connectivity index is 1.40. The highest BCUT2D eigenvalue weighted by molar-refractivity contribution is 6.07. The summed E-state index contributed by atoms with van der Waals surface area (Å²) in [5.41, 5.74) is 6.10. The number of carbonyl (C=O) groups excluding carboxylic acids is 1. The SMILES string of the molecule is Cc1ccc(-c2cc(C(=O)NC34CC5CC(CC(C5)C3)C4)c3ccccc3n2)cc1C. The lowest BCUT2D eigenvalue weighted by Crippen LogP contribution is -2.59. The fourth-order valence-corrected chi connectivity index (χ4v) is 6.98. The Kier molecular flexibility index (Phi) is 4.25. The smallest absolute Gasteiger partial charge is 0.252 e. The topological polar surface area (TPSA) is 42.0 Å². The third-order valence-corrected chi connectivity index (χ3v) is 8.18. The van der Waals surface area contributed by atoms with Crippen molar-refractivity contribution < 1.29 is 4.79 Å². The number of hydrogen-bond donors (Lipinski definition) is 1. The van der Waals surface area contributed by atoms with Gasteiger partial charge in [0.15, 0.2) is 0 Å². The van der Waals surface area contributed by atoms with E-state index in [-0.39, 0.29) is 11.4 Å². The summed E-state index contributed by atoms with van der Waals surface area (Å²) in [6, 6.07) is 16.5. The van der Waals surface area contributed by atoms with Crippen LogP contribution in [0.4, 0.5) is 0 Å². The molecule has 7 rings (SSSR count). The van der Waals surface area contributed by atoms with Gasteiger partial charge in [0.25, 0.3) is 5.91 Å². The Bertz CT molecular complexity index is 1160. The maximum absolute atomic E-state index is 13.7. The van der Waals surface area contributed by atoms with Crippen LogP contribution in [0.3, 0.4) is 0 Å². The Labute approximate surface area is 184 Å². The van der Waals surface area contributed by atoms with Crippen molar-refractivity contribution in [1.29, 1.82) is 0 Å². The van der Waals surface area contributed by atoms with Crippen molar-refractivity contribution in [3.63, 3.8) is 0 Å². The average Bonchev–Trinajstić information content (AvgIpc) is 2.73. The van der Waals surface area contributed by atoms with Gasteiger partial charge >= 0.3 is 0 Å². The predicted octanol–water partition coefficient (Wildman–Crippen LogP) is 6.22. The van der Waals surface area contributed by atoms with Crippen LogP contribution in [0.2, 0.25) is 0 Å². The summed E-state index contributed by atoms with van der Waals surface area (Å²) in [5.74, 6) is 2.51. The minimum Gasteiger partial charge on any atom is -0.347 e. The van der Waals surface area contributed by atoms with Gasteiger partial charge in [0.05, 0.1) is 16.8 Å². The lowest BCUT2D eigenvalue weighted by Gasteiger charge is -2.56. The van der Waals surface area contributed by atoms with E-state index < -0.39 is 0 Å². The largest absolute Gasteiger partial charge is 0.347 e. The van der Waals surface area contributed by atoms with Gasteiger partial charge in [-0.3, -0.25) is 4.79 Å². The zero-order valence-electron chi connectivity index (χ0n) is 18.4. The number of carbonyl (C=O) groups is 1. The van der Waals surface area contributed by atoms with Gasteiger partial charge in [-0.15, -0.1) is 0 Å². The number of aromatic nitrogens is 1. The summed E-state index contributed by atoms with van der Waals surface area (Å²) in [5, 5.41) is 4.51. The predicted molar refractivity (Wildman–Crippen MR) is 125 cm³/mol. The van der Waals surface area contributed by atoms with Gasteiger partial charge in [-0.1, -0.05) is 30.3 Å². The number of aryl methyl sites for hydroxylation is 2. The zero-order chi connectivity index (χ0) is 21.2. The fraction of sp³-hybridized carbons (Fsp3) is 0.429. The zero-order valence-corrected chi connectivity index (χ0v) is 18.4. The standard InChI is InChI=1S/C28H30N2O/c1-17-7-8-22(9-18(17)2)26-13-24(23-5-3-4-6-25(23)29-26)27(31)30-28-14-19-10-20(15-28)12-21(11-19)16-28/h3-9,13,19-21H,10-12,14-16H2,1-2H3,(H,30,31). The van der Waals surface area contributed by atoms with Gasteiger partial charge in [-0.2, -0.15) is 0 Å². The quantitative estimate of drug-likeness (QED) is 0.557. The summed E-state index contributed by atoms with van der Waals surface area (Å²) >= 11 is 0. The number of amides is 1. The summed E-state index contributed by atoms with van der Waals surface area (Å²) in [4.78, 5) is 18.6. The molecule has 3 nitrogen and oxygen atoms in total. The van der Waals surface area contributed by atoms with Crippen LogP contribution in [-0.2, 0) is 0 Å². The van der Waals surface area contributed by atoms with E-state index in [1.807, 2.05) is 30.3 Å². The number of nitrogens with zero attached hydrogens (tertiary/aromatic N) is 1. The Hall–Kier alpha value is -2.68. The van der Waals surface area contributed by atoms with Gasteiger partial charge in [0, 0.05) is 16.5 Å². The number of nitrogens with one attached hydrogen (secondary N) is 1. The molecule has 2 aromatic carbocycles. The van der Waals surface area contributed by atoms with Gasteiger partial charge in [0.1, 0.15) is 0 Å². The first-order valence-electron chi connectivity index (χ1n) is 11.8. The molecule has 0 saturated heterocycles. The number of benzene rings is 2. The van der Waals surface area contributed by atoms with E-state index in [1.165, 1.54) is 49.7 Å². The van der Waals surface area contributed by atoms with E-state index in [1.54, 1.807) is 0 Å². The highest BCUT2D eigenvalue weighted by Gasteiger charge is 2.51. The van der Waals surface area contributed by atoms with Crippen LogP contribution in [0.25, 0.3) is 22.2 Å². The molecule has 3 heteroatoms. The summed E-state index contributed by atoms with van der Waals surface area (Å²) < 4.78 is 0. The molecule has 4 aliphatic rings. The second kappa shape index (κ2) is 6.91. The monoisotopic (exact) mass is 410 g/mol. The molecule has 4 fully saturated rings. The molecule has 0 radical (unpaired) electrons. The third kappa shape index (κ3) is 3.26. The molecule has 0 aliphatic heterocycles. The lowest BCUT2D eigenvalue weighted by atomic mass is 9.53. The molecule has 158 valence electrons. The van der Waals surface area contributed by atoms with E-state index in [0.29, 0.717) is 0 Å². The first-order valence-corrected chi connectivity index (χ1v) is 11.8. The molecule has 1 heterocycles. The molecule has 1 N–H and O–H groups in total. The minimum atomic E-state index is 0.0107. The van der Waals surface area contributed by atoms with Crippen LogP contribution in [0.1, 0.15) is 60.0 Å². The van der Waals surface area contributed by atoms with Crippen molar-refractivity contribution in [2.45, 2.75) is 57.9 Å². The summed E-state index contributed by atoms with van der Waals surface area (Å²) in [6.07, 6.45) is 7.63. The highest BCUT2D eigenvalue weighted by Crippen LogP contribution is 2.55. The number of pyridine rings is 1. The van der Waals surface area contributed by atoms with Crippen molar-refractivity contribution in [2.24, 2.45) is 17.8 Å². The lowest BCUT2D eigenvalue weighted by molar-refractivity contribution is -0.0166. The number of rotatable bonds is 3. The van der Waals surface area contributed by atoms with Crippen LogP contribution in [0.5, 0.6) is 0 Å². The van der Waals surface area contributed by atoms with Crippen molar-refractivity contribution in [3.8, 4) is 11.3 Å². The Morgan fingerprint density at radius 2 is 1.58 bits per heavy atom. The van der Waals surface area contributed by atoms with Crippen LogP contribution < -0.4 is 5.32 Å². The second-order valence-corrected chi connectivity index (χ2v) is 10.5. The summed E-state index contributed by atoms with van der Waals surface area (Å²) in [7, 11) is 0. The van der Waals surface area contributed by atoms with Crippen molar-refractivity contribution in [3.05, 3.63) is 65.2 Å². The van der Waals surface area contributed by atoms with Crippen LogP contribution in [0.15, 0.2) is 48.5 Å². The van der Waals surface area contributed by atoms with Crippen molar-refractivity contribution in [2.75, 3.05) is 0 Å². The van der Waals surface area contributed by atoms with Crippen LogP contribution in [-0.4, -0.2) is 16.4 Å². The molecule has 31 heavy (non-hydrogen) atoms. The van der Waals surface area contributed by atoms with Crippen molar-refractivity contribution in [1.82, 2.24) is 10.3 Å². The molecule has 0 atom stereocenters. The maximum Gasteiger partial charge on any atom is 0.252 e. The summed E-state index contributed by atoms with van der Waals surface area (Å²) in [6.45, 7) is 4.25. The second-order valence-electron chi connectivity index (χ2n) is 10.5. The van der Waals surface area contributed by atoms with E-state index >= 15 is 0 Å². The van der Waals surface area contributed by atoms with E-state index in [4.69, 9.17) is 4.98 Å². The Morgan fingerprint density at radius 1 is 0.903 bits per heavy atom. The normalized spacial score (nSPS) is 28.8. The molecule has 1 aromatic heterocycles. The van der Waals surface area contributed by atoms with E-state index in [9.17, 15) is 4.79 Å². The van der Waals surface area contributed by atoms with Gasteiger partial charge in [0.2, 0.25) is 0 Å². The maximum atomic E-state index is 13.7. The molecular formula is C28H30N2O. The van der Waals surface area contributed by atoms with E-state index in [0.717, 1.165) is 45.5 Å². The molecule has 0 unspecified atom stereocenters. The minimum absolute atomic E-state index is 0.0107. The number of para-hydroxylation sites is 1. The number of hydrogen-bond acceptors (Lipinski definition) is 2. The molecule has 4 aliphatic carbocycles. The first kappa shape index (κ1) is 19.0. The number of fused-ring (bicyclic) bond motifs is 1. The van der Waals surface area contributed by atoms with E-state index in [2.05, 4.69) is 37.4 Å². The van der Waals surface area contributed by atoms with Gasteiger partial charge in [-0.25, -0.2) is 4.98 Å². The Morgan fingerprint density at radius 3 is 2.26 bits per heavy atom. The fourth-order valence-electron chi connectivity index (χ4n) is 6.98. The molecule has 1 amide bonds. The van der Waals surface area contributed by atoms with Gasteiger partial charge in [-0.05, 0) is 99.5 Å². The van der Waals surface area contributed by atoms with Crippen LogP contribution >= 0.6 is 0 Å². The molecule has 0 spiro atoms. The van der Waals surface area contributed by atoms with Crippen LogP contribution in [0, 0.1) is 31.6 Å². The average molecular weight is 411 g/mol. The first-order chi connectivity index (χ1) is 15.0. The molecule has 4 bridgehead atoms. The van der Waals surface area contributed by atoms with Gasteiger partial charge < -0.3 is 5.32 Å². The highest BCUT2D eigenvalue weighted by atomic mass is 16.1. The van der Waals surface area contributed by atoms with Crippen molar-refractivity contribution >= 4 is 16.8 Å². The molecule has 4 saturated carbocycles. The molecule has 3 aromatic rings.